The van der Waals surface area contributed by atoms with Crippen LogP contribution in [0.15, 0.2) is 59.6 Å². The van der Waals surface area contributed by atoms with E-state index in [4.69, 9.17) is 4.74 Å². The Hall–Kier alpha value is -2.51. The standard InChI is InChI=1S/C21H21FN2O3S/c1-15-14-17(22)7-8-20(15)28(25,26)24-12-9-18(10-13-24)27-19-6-2-4-16-5-3-11-23-21(16)19/h2-8,11,14,18H,9-10,12-13H2,1H3. The average molecular weight is 400 g/mol. The number of aryl methyl sites for hydroxylation is 1. The number of para-hydroxylation sites is 1. The van der Waals surface area contributed by atoms with Crippen molar-refractivity contribution in [3.8, 4) is 5.75 Å². The van der Waals surface area contributed by atoms with Crippen molar-refractivity contribution < 1.29 is 17.5 Å². The van der Waals surface area contributed by atoms with Crippen molar-refractivity contribution in [3.63, 3.8) is 0 Å². The van der Waals surface area contributed by atoms with Crippen LogP contribution < -0.4 is 4.74 Å². The summed E-state index contributed by atoms with van der Waals surface area (Å²) in [4.78, 5) is 4.55. The van der Waals surface area contributed by atoms with E-state index in [-0.39, 0.29) is 11.0 Å². The summed E-state index contributed by atoms with van der Waals surface area (Å²) in [7, 11) is -3.64. The Morgan fingerprint density at radius 2 is 1.86 bits per heavy atom. The molecule has 0 amide bonds. The Labute approximate surface area is 163 Å². The topological polar surface area (TPSA) is 59.5 Å². The summed E-state index contributed by atoms with van der Waals surface area (Å²) >= 11 is 0. The van der Waals surface area contributed by atoms with E-state index in [1.165, 1.54) is 22.5 Å². The van der Waals surface area contributed by atoms with Gasteiger partial charge in [0.2, 0.25) is 10.0 Å². The fourth-order valence-electron chi connectivity index (χ4n) is 3.58. The number of ether oxygens (including phenoxy) is 1. The van der Waals surface area contributed by atoms with Crippen molar-refractivity contribution in [2.75, 3.05) is 13.1 Å². The van der Waals surface area contributed by atoms with Gasteiger partial charge < -0.3 is 4.74 Å². The van der Waals surface area contributed by atoms with Gasteiger partial charge in [-0.05, 0) is 55.7 Å². The smallest absolute Gasteiger partial charge is 0.243 e. The van der Waals surface area contributed by atoms with E-state index in [1.54, 1.807) is 13.1 Å². The molecule has 4 rings (SSSR count). The quantitative estimate of drug-likeness (QED) is 0.666. The lowest BCUT2D eigenvalue weighted by atomic mass is 10.1. The van der Waals surface area contributed by atoms with Crippen molar-refractivity contribution in [3.05, 3.63) is 66.1 Å². The first kappa shape index (κ1) is 18.8. The van der Waals surface area contributed by atoms with Gasteiger partial charge in [-0.2, -0.15) is 4.31 Å². The molecule has 1 aliphatic rings. The maximum Gasteiger partial charge on any atom is 0.243 e. The predicted octanol–water partition coefficient (Wildman–Crippen LogP) is 3.91. The zero-order valence-corrected chi connectivity index (χ0v) is 16.3. The van der Waals surface area contributed by atoms with Crippen molar-refractivity contribution in [2.24, 2.45) is 0 Å². The number of piperidine rings is 1. The van der Waals surface area contributed by atoms with Gasteiger partial charge in [-0.15, -0.1) is 0 Å². The number of aromatic nitrogens is 1. The van der Waals surface area contributed by atoms with Gasteiger partial charge in [0.25, 0.3) is 0 Å². The van der Waals surface area contributed by atoms with Gasteiger partial charge >= 0.3 is 0 Å². The van der Waals surface area contributed by atoms with E-state index < -0.39 is 15.8 Å². The molecule has 0 spiro atoms. The summed E-state index contributed by atoms with van der Waals surface area (Å²) in [5.74, 6) is 0.279. The van der Waals surface area contributed by atoms with Crippen LogP contribution in [0.4, 0.5) is 4.39 Å². The molecule has 2 heterocycles. The molecule has 0 saturated carbocycles. The number of hydrogen-bond donors (Lipinski definition) is 0. The van der Waals surface area contributed by atoms with Gasteiger partial charge in [-0.1, -0.05) is 18.2 Å². The number of halogens is 1. The van der Waals surface area contributed by atoms with Gasteiger partial charge in [0.05, 0.1) is 4.90 Å². The number of pyridine rings is 1. The largest absolute Gasteiger partial charge is 0.488 e. The Kier molecular flexibility index (Phi) is 5.03. The van der Waals surface area contributed by atoms with Crippen LogP contribution in [0.1, 0.15) is 18.4 Å². The van der Waals surface area contributed by atoms with Gasteiger partial charge in [0.1, 0.15) is 23.2 Å². The SMILES string of the molecule is Cc1cc(F)ccc1S(=O)(=O)N1CCC(Oc2cccc3cccnc23)CC1. The number of sulfonamides is 1. The molecule has 0 N–H and O–H groups in total. The molecule has 1 aliphatic heterocycles. The molecule has 1 aromatic heterocycles. The molecule has 5 nitrogen and oxygen atoms in total. The third-order valence-corrected chi connectivity index (χ3v) is 7.10. The lowest BCUT2D eigenvalue weighted by molar-refractivity contribution is 0.136. The van der Waals surface area contributed by atoms with Gasteiger partial charge in [0, 0.05) is 24.7 Å². The summed E-state index contributed by atoms with van der Waals surface area (Å²) in [6.45, 7) is 2.34. The third-order valence-electron chi connectivity index (χ3n) is 5.05. The Morgan fingerprint density at radius 3 is 2.61 bits per heavy atom. The van der Waals surface area contributed by atoms with Crippen LogP contribution >= 0.6 is 0 Å². The minimum atomic E-state index is -3.64. The molecule has 1 fully saturated rings. The molecule has 28 heavy (non-hydrogen) atoms. The number of hydrogen-bond acceptors (Lipinski definition) is 4. The van der Waals surface area contributed by atoms with Crippen LogP contribution in [-0.2, 0) is 10.0 Å². The highest BCUT2D eigenvalue weighted by Gasteiger charge is 2.31. The molecule has 1 saturated heterocycles. The minimum absolute atomic E-state index is 0.0756. The number of benzene rings is 2. The van der Waals surface area contributed by atoms with Crippen LogP contribution in [0, 0.1) is 12.7 Å². The fourth-order valence-corrected chi connectivity index (χ4v) is 5.26. The fraction of sp³-hybridized carbons (Fsp3) is 0.286. The van der Waals surface area contributed by atoms with E-state index in [2.05, 4.69) is 4.98 Å². The van der Waals surface area contributed by atoms with Crippen LogP contribution in [-0.4, -0.2) is 36.9 Å². The first-order valence-corrected chi connectivity index (χ1v) is 10.7. The average Bonchev–Trinajstić information content (AvgIpc) is 2.68. The summed E-state index contributed by atoms with van der Waals surface area (Å²) in [6, 6.07) is 13.4. The second kappa shape index (κ2) is 7.48. The zero-order chi connectivity index (χ0) is 19.7. The lowest BCUT2D eigenvalue weighted by Crippen LogP contribution is -2.41. The predicted molar refractivity (Wildman–Crippen MR) is 105 cm³/mol. The van der Waals surface area contributed by atoms with Crippen LogP contribution in [0.5, 0.6) is 5.75 Å². The van der Waals surface area contributed by atoms with Crippen LogP contribution in [0.2, 0.25) is 0 Å². The van der Waals surface area contributed by atoms with E-state index in [0.717, 1.165) is 10.9 Å². The highest BCUT2D eigenvalue weighted by atomic mass is 32.2. The van der Waals surface area contributed by atoms with Crippen molar-refractivity contribution >= 4 is 20.9 Å². The molecule has 0 radical (unpaired) electrons. The Morgan fingerprint density at radius 1 is 1.11 bits per heavy atom. The number of fused-ring (bicyclic) bond motifs is 1. The van der Waals surface area contributed by atoms with Crippen LogP contribution in [0.25, 0.3) is 10.9 Å². The van der Waals surface area contributed by atoms with Gasteiger partial charge in [0.15, 0.2) is 0 Å². The lowest BCUT2D eigenvalue weighted by Gasteiger charge is -2.31. The molecule has 0 bridgehead atoms. The molecule has 2 aromatic carbocycles. The molecular weight excluding hydrogens is 379 g/mol. The normalized spacial score (nSPS) is 16.4. The first-order valence-electron chi connectivity index (χ1n) is 9.22. The maximum atomic E-state index is 13.3. The van der Waals surface area contributed by atoms with Gasteiger partial charge in [-0.25, -0.2) is 12.8 Å². The second-order valence-electron chi connectivity index (χ2n) is 6.96. The summed E-state index contributed by atoms with van der Waals surface area (Å²) in [5.41, 5.74) is 1.22. The van der Waals surface area contributed by atoms with Crippen molar-refractivity contribution in [1.29, 1.82) is 0 Å². The first-order chi connectivity index (χ1) is 13.4. The minimum Gasteiger partial charge on any atom is -0.488 e. The molecule has 0 atom stereocenters. The summed E-state index contributed by atoms with van der Waals surface area (Å²) in [6.07, 6.45) is 2.83. The highest BCUT2D eigenvalue weighted by molar-refractivity contribution is 7.89. The summed E-state index contributed by atoms with van der Waals surface area (Å²) in [5, 5.41) is 1.01. The Bertz CT molecular complexity index is 1100. The maximum absolute atomic E-state index is 13.3. The van der Waals surface area contributed by atoms with E-state index in [0.29, 0.717) is 37.2 Å². The highest BCUT2D eigenvalue weighted by Crippen LogP contribution is 2.28. The second-order valence-corrected chi connectivity index (χ2v) is 8.87. The number of nitrogens with zero attached hydrogens (tertiary/aromatic N) is 2. The molecule has 146 valence electrons. The van der Waals surface area contributed by atoms with Crippen molar-refractivity contribution in [2.45, 2.75) is 30.8 Å². The third kappa shape index (κ3) is 3.59. The Balaban J connectivity index is 1.47. The van der Waals surface area contributed by atoms with Gasteiger partial charge in [-0.3, -0.25) is 4.98 Å². The monoisotopic (exact) mass is 400 g/mol. The number of rotatable bonds is 4. The van der Waals surface area contributed by atoms with Crippen LogP contribution in [0.3, 0.4) is 0 Å². The molecular formula is C21H21FN2O3S. The molecule has 7 heteroatoms. The van der Waals surface area contributed by atoms with Crippen molar-refractivity contribution in [1.82, 2.24) is 9.29 Å². The van der Waals surface area contributed by atoms with E-state index in [9.17, 15) is 12.8 Å². The zero-order valence-electron chi connectivity index (χ0n) is 15.5. The molecule has 0 aliphatic carbocycles. The molecule has 0 unspecified atom stereocenters. The van der Waals surface area contributed by atoms with E-state index >= 15 is 0 Å². The van der Waals surface area contributed by atoms with E-state index in [1.807, 2.05) is 30.3 Å². The molecule has 3 aromatic rings. The summed E-state index contributed by atoms with van der Waals surface area (Å²) < 4.78 is 46.7.